The van der Waals surface area contributed by atoms with Crippen molar-refractivity contribution in [3.05, 3.63) is 82.9 Å². The average Bonchev–Trinajstić information content (AvgIpc) is 3.21. The van der Waals surface area contributed by atoms with Crippen molar-refractivity contribution in [2.45, 2.75) is 53.6 Å². The summed E-state index contributed by atoms with van der Waals surface area (Å²) in [5.74, 6) is 0. The largest absolute Gasteiger partial charge is 1.00 e. The zero-order chi connectivity index (χ0) is 20.7. The SMILES string of the molecule is CCc1cccc2[cH-]c(C)cc12.CCc1cccc2[cH-]c(C)cc12.C[Si](C)=[Zr+2].[F-].[F-]. The fourth-order valence-corrected chi connectivity index (χ4v) is 3.52. The summed E-state index contributed by atoms with van der Waals surface area (Å²) in [6, 6.07) is 22.1. The number of halogens is 2. The minimum absolute atomic E-state index is 0. The van der Waals surface area contributed by atoms with Crippen LogP contribution in [0.3, 0.4) is 0 Å². The number of hydrogen-bond acceptors (Lipinski definition) is 0. The Hall–Kier alpha value is -1.38. The smallest absolute Gasteiger partial charge is 1.00 e. The Morgan fingerprint density at radius 2 is 1.07 bits per heavy atom. The summed E-state index contributed by atoms with van der Waals surface area (Å²) in [7, 11) is 0. The molecule has 0 saturated carbocycles. The van der Waals surface area contributed by atoms with Crippen LogP contribution >= 0.6 is 0 Å². The Labute approximate surface area is 195 Å². The molecule has 0 radical (unpaired) electrons. The maximum atomic E-state index is 2.31. The van der Waals surface area contributed by atoms with E-state index in [4.69, 9.17) is 0 Å². The van der Waals surface area contributed by atoms with Gasteiger partial charge in [0.1, 0.15) is 0 Å². The molecule has 0 saturated heterocycles. The third-order valence-electron chi connectivity index (χ3n) is 4.73. The van der Waals surface area contributed by atoms with Crippen LogP contribution in [0.25, 0.3) is 21.5 Å². The molecule has 0 bridgehead atoms. The molecule has 0 aliphatic heterocycles. The molecule has 0 unspecified atom stereocenters. The summed E-state index contributed by atoms with van der Waals surface area (Å²) < 4.78 is 0. The van der Waals surface area contributed by atoms with Gasteiger partial charge in [0.2, 0.25) is 0 Å². The van der Waals surface area contributed by atoms with Gasteiger partial charge in [-0.1, -0.05) is 51.0 Å². The van der Waals surface area contributed by atoms with E-state index in [0.717, 1.165) is 12.8 Å². The maximum absolute atomic E-state index is 2.31. The van der Waals surface area contributed by atoms with Crippen LogP contribution in [-0.2, 0) is 36.2 Å². The van der Waals surface area contributed by atoms with E-state index in [9.17, 15) is 0 Å². The Balaban J connectivity index is 0.000000452. The van der Waals surface area contributed by atoms with E-state index in [1.54, 1.807) is 23.3 Å². The second-order valence-corrected chi connectivity index (χ2v) is 17.0. The van der Waals surface area contributed by atoms with E-state index in [0.29, 0.717) is 0 Å². The number of rotatable bonds is 2. The van der Waals surface area contributed by atoms with Crippen molar-refractivity contribution in [1.82, 2.24) is 0 Å². The topological polar surface area (TPSA) is 0 Å². The van der Waals surface area contributed by atoms with Gasteiger partial charge in [-0.3, -0.25) is 0 Å². The van der Waals surface area contributed by atoms with Crippen molar-refractivity contribution in [3.8, 4) is 0 Å². The quantitative estimate of drug-likeness (QED) is 0.289. The molecule has 0 N–H and O–H groups in total. The second kappa shape index (κ2) is 13.8. The summed E-state index contributed by atoms with van der Waals surface area (Å²) in [6.45, 7) is 13.3. The first-order valence-electron chi connectivity index (χ1n) is 10.2. The molecule has 0 aliphatic carbocycles. The summed E-state index contributed by atoms with van der Waals surface area (Å²) in [4.78, 5) is 0. The number of benzene rings is 2. The van der Waals surface area contributed by atoms with Gasteiger partial charge in [-0.25, -0.2) is 0 Å². The van der Waals surface area contributed by atoms with Crippen molar-refractivity contribution in [3.63, 3.8) is 0 Å². The van der Waals surface area contributed by atoms with E-state index < -0.39 is 0 Å². The van der Waals surface area contributed by atoms with Gasteiger partial charge in [0, 0.05) is 0 Å². The van der Waals surface area contributed by atoms with Crippen molar-refractivity contribution in [1.29, 1.82) is 0 Å². The van der Waals surface area contributed by atoms with Crippen LogP contribution in [0.5, 0.6) is 0 Å². The molecule has 4 heteroatoms. The molecule has 0 amide bonds. The first-order chi connectivity index (χ1) is 13.3. The molecule has 0 aliphatic rings. The normalized spacial score (nSPS) is 9.60. The van der Waals surface area contributed by atoms with Crippen LogP contribution in [0.1, 0.15) is 36.1 Å². The minimum atomic E-state index is 0. The van der Waals surface area contributed by atoms with Gasteiger partial charge in [-0.2, -0.15) is 12.1 Å². The molecule has 160 valence electrons. The van der Waals surface area contributed by atoms with Crippen LogP contribution in [0, 0.1) is 13.8 Å². The van der Waals surface area contributed by atoms with Crippen molar-refractivity contribution in [2.24, 2.45) is 0 Å². The fourth-order valence-electron chi connectivity index (χ4n) is 3.52. The molecule has 4 rings (SSSR count). The van der Waals surface area contributed by atoms with Gasteiger partial charge >= 0.3 is 41.9 Å². The van der Waals surface area contributed by atoms with Gasteiger partial charge < -0.3 is 9.41 Å². The predicted octanol–water partition coefficient (Wildman–Crippen LogP) is 1.65. The van der Waals surface area contributed by atoms with Crippen molar-refractivity contribution >= 4 is 27.0 Å². The van der Waals surface area contributed by atoms with Gasteiger partial charge in [0.15, 0.2) is 0 Å². The Kier molecular flexibility index (Phi) is 13.2. The van der Waals surface area contributed by atoms with Gasteiger partial charge in [-0.15, -0.1) is 69.1 Å². The summed E-state index contributed by atoms with van der Waals surface area (Å²) in [6.07, 6.45) is 2.25. The van der Waals surface area contributed by atoms with Crippen LogP contribution < -0.4 is 9.41 Å². The summed E-state index contributed by atoms with van der Waals surface area (Å²) in [5, 5.41) is 5.62. The molecule has 0 heterocycles. The molecule has 0 atom stereocenters. The van der Waals surface area contributed by atoms with Gasteiger partial charge in [-0.05, 0) is 12.8 Å². The molecule has 30 heavy (non-hydrogen) atoms. The first kappa shape index (κ1) is 28.6. The van der Waals surface area contributed by atoms with Crippen molar-refractivity contribution < 1.29 is 32.7 Å². The van der Waals surface area contributed by atoms with Gasteiger partial charge in [0.05, 0.1) is 0 Å². The van der Waals surface area contributed by atoms with E-state index >= 15 is 0 Å². The number of aryl methyl sites for hydroxylation is 4. The van der Waals surface area contributed by atoms with Crippen LogP contribution in [0.4, 0.5) is 0 Å². The van der Waals surface area contributed by atoms with E-state index in [1.807, 2.05) is 0 Å². The first-order valence-corrected chi connectivity index (χ1v) is 16.4. The molecule has 0 aromatic heterocycles. The zero-order valence-electron chi connectivity index (χ0n) is 18.9. The number of fused-ring (bicyclic) bond motifs is 2. The third kappa shape index (κ3) is 8.04. The minimum Gasteiger partial charge on any atom is -1.00 e. The van der Waals surface area contributed by atoms with E-state index in [2.05, 4.69) is 101 Å². The van der Waals surface area contributed by atoms with E-state index in [-0.39, 0.29) is 14.8 Å². The van der Waals surface area contributed by atoms with E-state index in [1.165, 1.54) is 43.8 Å². The summed E-state index contributed by atoms with van der Waals surface area (Å²) in [5.41, 5.74) is 5.86. The van der Waals surface area contributed by atoms with Crippen LogP contribution in [0.15, 0.2) is 60.7 Å². The Bertz CT molecular complexity index is 975. The van der Waals surface area contributed by atoms with Crippen molar-refractivity contribution in [2.75, 3.05) is 0 Å². The molecule has 0 spiro atoms. The molecule has 0 nitrogen and oxygen atoms in total. The maximum Gasteiger partial charge on any atom is -1.00 e. The second-order valence-electron chi connectivity index (χ2n) is 7.61. The fraction of sp³-hybridized carbons (Fsp3) is 0.308. The third-order valence-corrected chi connectivity index (χ3v) is 4.73. The van der Waals surface area contributed by atoms with Gasteiger partial charge in [0.25, 0.3) is 0 Å². The standard InChI is InChI=1S/2C12H13.C2H6Si.2FH.Zr/c2*1-3-10-5-4-6-11-7-9(2)8-12(10)11;1-3-2;;;/h2*4-8H,3H2,1-2H3;1-2H3;2*1H;/q2*-1;;;;+2/p-2. The Morgan fingerprint density at radius 1 is 0.733 bits per heavy atom. The molecular formula is C26H32F2SiZr-2. The number of hydrogen-bond donors (Lipinski definition) is 0. The Morgan fingerprint density at radius 3 is 1.37 bits per heavy atom. The molecular weight excluding hydrogens is 470 g/mol. The predicted molar refractivity (Wildman–Crippen MR) is 125 cm³/mol. The van der Waals surface area contributed by atoms with Crippen LogP contribution in [-0.4, -0.2) is 5.43 Å². The average molecular weight is 502 g/mol. The zero-order valence-corrected chi connectivity index (χ0v) is 22.4. The monoisotopic (exact) mass is 500 g/mol. The van der Waals surface area contributed by atoms with Crippen LogP contribution in [0.2, 0.25) is 13.1 Å². The molecule has 4 aromatic rings. The summed E-state index contributed by atoms with van der Waals surface area (Å²) >= 11 is 1.74. The molecule has 4 aromatic carbocycles. The molecule has 0 fully saturated rings.